The zero-order valence-electron chi connectivity index (χ0n) is 7.23. The quantitative estimate of drug-likeness (QED) is 0.650. The first-order valence-corrected chi connectivity index (χ1v) is 4.15. The van der Waals surface area contributed by atoms with E-state index in [0.717, 1.165) is 11.4 Å². The first-order chi connectivity index (χ1) is 5.24. The molecule has 1 aliphatic heterocycles. The van der Waals surface area contributed by atoms with Crippen LogP contribution in [-0.2, 0) is 0 Å². The summed E-state index contributed by atoms with van der Waals surface area (Å²) in [5, 5.41) is 3.22. The summed E-state index contributed by atoms with van der Waals surface area (Å²) in [5.74, 6) is 0.543. The molecule has 1 nitrogen and oxygen atoms in total. The highest BCUT2D eigenvalue weighted by molar-refractivity contribution is 6.19. The van der Waals surface area contributed by atoms with Crippen LogP contribution in [0.15, 0.2) is 35.2 Å². The van der Waals surface area contributed by atoms with Crippen molar-refractivity contribution in [2.45, 2.75) is 13.8 Å². The molecule has 0 aromatic carbocycles. The van der Waals surface area contributed by atoms with Gasteiger partial charge in [0.05, 0.1) is 5.88 Å². The average molecular weight is 206 g/mol. The molecule has 1 aliphatic rings. The van der Waals surface area contributed by atoms with Crippen LogP contribution >= 0.6 is 24.0 Å². The lowest BCUT2D eigenvalue weighted by molar-refractivity contribution is 0.967. The Labute approximate surface area is 84.6 Å². The van der Waals surface area contributed by atoms with Crippen molar-refractivity contribution in [3.05, 3.63) is 35.2 Å². The van der Waals surface area contributed by atoms with Crippen LogP contribution in [0.2, 0.25) is 0 Å². The molecule has 0 saturated carbocycles. The molecular formula is C9H13Cl2N. The monoisotopic (exact) mass is 205 g/mol. The number of nitrogens with one attached hydrogen (secondary N) is 1. The van der Waals surface area contributed by atoms with Gasteiger partial charge in [-0.1, -0.05) is 11.6 Å². The third kappa shape index (κ3) is 2.92. The molecule has 0 spiro atoms. The third-order valence-corrected chi connectivity index (χ3v) is 1.83. The maximum atomic E-state index is 5.66. The molecular weight excluding hydrogens is 193 g/mol. The van der Waals surface area contributed by atoms with Crippen molar-refractivity contribution in [1.82, 2.24) is 5.32 Å². The van der Waals surface area contributed by atoms with Crippen LogP contribution in [0.1, 0.15) is 13.8 Å². The van der Waals surface area contributed by atoms with Crippen LogP contribution < -0.4 is 5.32 Å². The minimum absolute atomic E-state index is 0. The Morgan fingerprint density at radius 2 is 2.17 bits per heavy atom. The van der Waals surface area contributed by atoms with E-state index in [2.05, 4.69) is 19.2 Å². The van der Waals surface area contributed by atoms with E-state index in [4.69, 9.17) is 11.6 Å². The molecule has 0 bridgehead atoms. The molecule has 1 N–H and O–H groups in total. The van der Waals surface area contributed by atoms with Crippen LogP contribution in [0.3, 0.4) is 0 Å². The van der Waals surface area contributed by atoms with Crippen molar-refractivity contribution in [2.24, 2.45) is 0 Å². The molecule has 0 aromatic rings. The summed E-state index contributed by atoms with van der Waals surface area (Å²) in [7, 11) is 0. The molecule has 0 unspecified atom stereocenters. The second kappa shape index (κ2) is 5.28. The van der Waals surface area contributed by atoms with E-state index < -0.39 is 0 Å². The van der Waals surface area contributed by atoms with Crippen molar-refractivity contribution in [3.63, 3.8) is 0 Å². The number of hydrogen-bond acceptors (Lipinski definition) is 1. The molecule has 0 radical (unpaired) electrons. The van der Waals surface area contributed by atoms with Gasteiger partial charge in [0.15, 0.2) is 0 Å². The third-order valence-electron chi connectivity index (χ3n) is 1.54. The van der Waals surface area contributed by atoms with Crippen molar-refractivity contribution >= 4 is 24.0 Å². The van der Waals surface area contributed by atoms with Gasteiger partial charge in [-0.3, -0.25) is 0 Å². The van der Waals surface area contributed by atoms with Gasteiger partial charge in [-0.15, -0.1) is 24.0 Å². The molecule has 0 atom stereocenters. The predicted molar refractivity (Wildman–Crippen MR) is 56.7 cm³/mol. The fourth-order valence-corrected chi connectivity index (χ4v) is 1.04. The highest BCUT2D eigenvalue weighted by atomic mass is 35.5. The first kappa shape index (κ1) is 11.6. The van der Waals surface area contributed by atoms with Crippen molar-refractivity contribution in [2.75, 3.05) is 5.88 Å². The summed E-state index contributed by atoms with van der Waals surface area (Å²) < 4.78 is 0. The van der Waals surface area contributed by atoms with Gasteiger partial charge in [-0.05, 0) is 26.0 Å². The summed E-state index contributed by atoms with van der Waals surface area (Å²) in [4.78, 5) is 0. The second-order valence-corrected chi connectivity index (χ2v) is 2.99. The lowest BCUT2D eigenvalue weighted by Gasteiger charge is -2.13. The van der Waals surface area contributed by atoms with E-state index in [9.17, 15) is 0 Å². The molecule has 1 heterocycles. The summed E-state index contributed by atoms with van der Waals surface area (Å²) in [6.45, 7) is 4.15. The van der Waals surface area contributed by atoms with Crippen LogP contribution in [-0.4, -0.2) is 5.88 Å². The smallest absolute Gasteiger partial charge is 0.0625 e. The van der Waals surface area contributed by atoms with Gasteiger partial charge in [0.1, 0.15) is 0 Å². The first-order valence-electron chi connectivity index (χ1n) is 3.61. The van der Waals surface area contributed by atoms with Crippen LogP contribution in [0, 0.1) is 0 Å². The second-order valence-electron chi connectivity index (χ2n) is 2.72. The van der Waals surface area contributed by atoms with E-state index in [1.54, 1.807) is 0 Å². The maximum Gasteiger partial charge on any atom is 0.0625 e. The molecule has 0 fully saturated rings. The fraction of sp³-hybridized carbons (Fsp3) is 0.333. The highest BCUT2D eigenvalue weighted by Gasteiger charge is 2.01. The fourth-order valence-electron chi connectivity index (χ4n) is 0.886. The summed E-state index contributed by atoms with van der Waals surface area (Å²) >= 11 is 5.66. The number of allylic oxidation sites excluding steroid dienone is 5. The zero-order valence-corrected chi connectivity index (χ0v) is 8.80. The molecule has 0 saturated heterocycles. The lowest BCUT2D eigenvalue weighted by Crippen LogP contribution is -2.15. The van der Waals surface area contributed by atoms with Gasteiger partial charge in [0.25, 0.3) is 0 Å². The van der Waals surface area contributed by atoms with Crippen LogP contribution in [0.5, 0.6) is 0 Å². The SMILES string of the molecule is CC(C)=C1C=CC=C(CCl)N1.Cl. The Kier molecular flexibility index (Phi) is 5.11. The van der Waals surface area contributed by atoms with Gasteiger partial charge in [-0.2, -0.15) is 0 Å². The molecule has 3 heteroatoms. The normalized spacial score (nSPS) is 14.6. The lowest BCUT2D eigenvalue weighted by atomic mass is 10.2. The minimum atomic E-state index is 0. The number of hydrogen-bond donors (Lipinski definition) is 1. The van der Waals surface area contributed by atoms with E-state index in [0.29, 0.717) is 5.88 Å². The Hall–Kier alpha value is -0.400. The molecule has 0 amide bonds. The highest BCUT2D eigenvalue weighted by Crippen LogP contribution is 2.10. The van der Waals surface area contributed by atoms with Crippen molar-refractivity contribution < 1.29 is 0 Å². The molecule has 0 aromatic heterocycles. The van der Waals surface area contributed by atoms with Crippen LogP contribution in [0.4, 0.5) is 0 Å². The molecule has 12 heavy (non-hydrogen) atoms. The number of dihydropyridines is 1. The maximum absolute atomic E-state index is 5.66. The Bertz CT molecular complexity index is 235. The Morgan fingerprint density at radius 1 is 1.50 bits per heavy atom. The Morgan fingerprint density at radius 3 is 2.67 bits per heavy atom. The average Bonchev–Trinajstić information content (AvgIpc) is 2.05. The Balaban J connectivity index is 0.00000121. The number of rotatable bonds is 1. The van der Waals surface area contributed by atoms with Crippen LogP contribution in [0.25, 0.3) is 0 Å². The van der Waals surface area contributed by atoms with E-state index in [1.165, 1.54) is 5.57 Å². The largest absolute Gasteiger partial charge is 0.358 e. The van der Waals surface area contributed by atoms with Gasteiger partial charge < -0.3 is 5.32 Å². The predicted octanol–water partition coefficient (Wildman–Crippen LogP) is 2.98. The van der Waals surface area contributed by atoms with E-state index >= 15 is 0 Å². The molecule has 68 valence electrons. The summed E-state index contributed by atoms with van der Waals surface area (Å²) in [6.07, 6.45) is 6.04. The zero-order chi connectivity index (χ0) is 8.27. The van der Waals surface area contributed by atoms with Gasteiger partial charge >= 0.3 is 0 Å². The number of alkyl halides is 1. The van der Waals surface area contributed by atoms with Gasteiger partial charge in [-0.25, -0.2) is 0 Å². The van der Waals surface area contributed by atoms with Gasteiger partial charge in [0.2, 0.25) is 0 Å². The van der Waals surface area contributed by atoms with Gasteiger partial charge in [0, 0.05) is 11.4 Å². The van der Waals surface area contributed by atoms with E-state index in [1.807, 2.05) is 18.2 Å². The minimum Gasteiger partial charge on any atom is -0.358 e. The summed E-state index contributed by atoms with van der Waals surface area (Å²) in [5.41, 5.74) is 3.49. The number of halogens is 2. The summed E-state index contributed by atoms with van der Waals surface area (Å²) in [6, 6.07) is 0. The van der Waals surface area contributed by atoms with Crippen molar-refractivity contribution in [1.29, 1.82) is 0 Å². The van der Waals surface area contributed by atoms with E-state index in [-0.39, 0.29) is 12.4 Å². The topological polar surface area (TPSA) is 12.0 Å². The molecule has 1 rings (SSSR count). The standard InChI is InChI=1S/C9H12ClN.ClH/c1-7(2)9-5-3-4-8(6-10)11-9;/h3-5,11H,6H2,1-2H3;1H. The van der Waals surface area contributed by atoms with Crippen molar-refractivity contribution in [3.8, 4) is 0 Å². The molecule has 0 aliphatic carbocycles.